The molecule has 10 nitrogen and oxygen atoms in total. The molecule has 228 valence electrons. The average molecular weight is 590 g/mol. The number of aliphatic hydroxyl groups is 1. The number of carbonyl (C=O) groups excluding carboxylic acids is 4. The van der Waals surface area contributed by atoms with Gasteiger partial charge in [0.1, 0.15) is 29.3 Å². The summed E-state index contributed by atoms with van der Waals surface area (Å²) in [5.74, 6) is 0.0156. The molecule has 10 heteroatoms. The Hall–Kier alpha value is -4.80. The number of rotatable bonds is 10. The van der Waals surface area contributed by atoms with Crippen LogP contribution in [0, 0.1) is 24.8 Å². The van der Waals surface area contributed by atoms with Gasteiger partial charge in [0.25, 0.3) is 5.91 Å². The van der Waals surface area contributed by atoms with E-state index >= 15 is 0 Å². The van der Waals surface area contributed by atoms with E-state index in [-0.39, 0.29) is 12.0 Å². The lowest BCUT2D eigenvalue weighted by molar-refractivity contribution is -0.159. The summed E-state index contributed by atoms with van der Waals surface area (Å²) in [7, 11) is 0. The summed E-state index contributed by atoms with van der Waals surface area (Å²) in [4.78, 5) is 53.9. The number of amides is 3. The molecule has 43 heavy (non-hydrogen) atoms. The molecule has 0 radical (unpaired) electrons. The summed E-state index contributed by atoms with van der Waals surface area (Å²) < 4.78 is 10.8. The molecule has 0 aliphatic heterocycles. The van der Waals surface area contributed by atoms with Gasteiger partial charge in [0, 0.05) is 18.0 Å². The quantitative estimate of drug-likeness (QED) is 0.220. The number of aliphatic hydroxyl groups excluding tert-OH is 1. The molecule has 0 aliphatic rings. The first-order chi connectivity index (χ1) is 20.1. The van der Waals surface area contributed by atoms with E-state index in [0.717, 1.165) is 10.5 Å². The van der Waals surface area contributed by atoms with Crippen molar-refractivity contribution in [1.29, 1.82) is 0 Å². The Kier molecular flexibility index (Phi) is 11.9. The second-order valence-electron chi connectivity index (χ2n) is 11.7. The zero-order chi connectivity index (χ0) is 32.4. The molecular weight excluding hydrogens is 550 g/mol. The van der Waals surface area contributed by atoms with E-state index < -0.39 is 59.8 Å². The van der Waals surface area contributed by atoms with Crippen LogP contribution in [0.25, 0.3) is 0 Å². The third-order valence-corrected chi connectivity index (χ3v) is 5.74. The van der Waals surface area contributed by atoms with Crippen molar-refractivity contribution in [3.05, 3.63) is 71.3 Å². The Balaban J connectivity index is 2.51. The van der Waals surface area contributed by atoms with E-state index in [1.54, 1.807) is 77.9 Å². The van der Waals surface area contributed by atoms with E-state index in [1.165, 1.54) is 12.1 Å². The first kappa shape index (κ1) is 34.4. The van der Waals surface area contributed by atoms with Crippen molar-refractivity contribution in [2.45, 2.75) is 77.3 Å². The summed E-state index contributed by atoms with van der Waals surface area (Å²) in [6.07, 6.45) is 10.4. The van der Waals surface area contributed by atoms with Crippen LogP contribution in [0.15, 0.2) is 54.6 Å². The zero-order valence-electron chi connectivity index (χ0n) is 25.3. The maximum absolute atomic E-state index is 14.0. The van der Waals surface area contributed by atoms with Crippen molar-refractivity contribution in [3.8, 4) is 24.8 Å². The van der Waals surface area contributed by atoms with Gasteiger partial charge in [-0.05, 0) is 64.8 Å². The Morgan fingerprint density at radius 2 is 1.44 bits per heavy atom. The van der Waals surface area contributed by atoms with Crippen LogP contribution in [0.2, 0.25) is 0 Å². The molecule has 3 N–H and O–H groups in total. The minimum absolute atomic E-state index is 0.0910. The molecule has 0 spiro atoms. The van der Waals surface area contributed by atoms with Gasteiger partial charge in [-0.2, -0.15) is 0 Å². The van der Waals surface area contributed by atoms with E-state index in [4.69, 9.17) is 22.3 Å². The van der Waals surface area contributed by atoms with E-state index in [2.05, 4.69) is 22.6 Å². The van der Waals surface area contributed by atoms with Crippen LogP contribution in [0.3, 0.4) is 0 Å². The SMILES string of the molecule is C#Cc1ccc(C(C(=O)NC(Cc2ccccc2)C(=O)OC(C)(C)C)N(C#C)C(=O)C(CO)NC(=O)OC(C)(C)C)cc1. The molecule has 3 unspecified atom stereocenters. The summed E-state index contributed by atoms with van der Waals surface area (Å²) in [6, 6.07) is 13.2. The highest BCUT2D eigenvalue weighted by atomic mass is 16.6. The standard InChI is InChI=1S/C33H39N3O7/c1-9-22-16-18-24(19-17-22)27(36(10-2)29(39)26(21-37)35-31(41)43-33(6,7)8)28(38)34-25(30(40)42-32(3,4)5)20-23-14-12-11-13-15-23/h1-2,11-19,25-27,37H,20-21H2,3-8H3,(H,34,38)(H,35,41). The fourth-order valence-corrected chi connectivity index (χ4v) is 3.91. The lowest BCUT2D eigenvalue weighted by atomic mass is 10.00. The Morgan fingerprint density at radius 3 is 1.93 bits per heavy atom. The molecule has 2 rings (SSSR count). The van der Waals surface area contributed by atoms with Crippen LogP contribution in [0.4, 0.5) is 4.79 Å². The van der Waals surface area contributed by atoms with Gasteiger partial charge in [0.2, 0.25) is 5.91 Å². The number of benzene rings is 2. The fraction of sp³-hybridized carbons (Fsp3) is 0.394. The number of terminal acetylenes is 2. The van der Waals surface area contributed by atoms with Crippen molar-refractivity contribution < 1.29 is 33.8 Å². The summed E-state index contributed by atoms with van der Waals surface area (Å²) >= 11 is 0. The van der Waals surface area contributed by atoms with E-state index in [1.807, 2.05) is 6.07 Å². The predicted molar refractivity (Wildman–Crippen MR) is 161 cm³/mol. The average Bonchev–Trinajstić information content (AvgIpc) is 2.92. The van der Waals surface area contributed by atoms with Crippen LogP contribution in [-0.4, -0.2) is 63.8 Å². The van der Waals surface area contributed by atoms with Crippen molar-refractivity contribution in [2.75, 3.05) is 6.61 Å². The smallest absolute Gasteiger partial charge is 0.408 e. The van der Waals surface area contributed by atoms with Crippen LogP contribution in [0.5, 0.6) is 0 Å². The highest BCUT2D eigenvalue weighted by molar-refractivity contribution is 5.95. The molecule has 0 aliphatic carbocycles. The Morgan fingerprint density at radius 1 is 0.860 bits per heavy atom. The number of alkyl carbamates (subject to hydrolysis) is 1. The normalized spacial score (nSPS) is 13.2. The van der Waals surface area contributed by atoms with Crippen LogP contribution in [0.1, 0.15) is 64.3 Å². The molecule has 0 bridgehead atoms. The predicted octanol–water partition coefficient (Wildman–Crippen LogP) is 3.08. The Labute approximate surface area is 253 Å². The molecule has 2 aromatic carbocycles. The summed E-state index contributed by atoms with van der Waals surface area (Å²) in [5.41, 5.74) is -0.198. The minimum atomic E-state index is -1.54. The fourth-order valence-electron chi connectivity index (χ4n) is 3.91. The molecule has 3 amide bonds. The van der Waals surface area contributed by atoms with Crippen LogP contribution in [-0.2, 0) is 30.3 Å². The maximum atomic E-state index is 14.0. The van der Waals surface area contributed by atoms with Crippen molar-refractivity contribution in [1.82, 2.24) is 15.5 Å². The maximum Gasteiger partial charge on any atom is 0.408 e. The lowest BCUT2D eigenvalue weighted by Crippen LogP contribution is -2.54. The van der Waals surface area contributed by atoms with Gasteiger partial charge < -0.3 is 25.2 Å². The van der Waals surface area contributed by atoms with Crippen molar-refractivity contribution in [3.63, 3.8) is 0 Å². The van der Waals surface area contributed by atoms with Gasteiger partial charge in [0.15, 0.2) is 0 Å². The molecule has 0 aromatic heterocycles. The molecule has 0 saturated heterocycles. The summed E-state index contributed by atoms with van der Waals surface area (Å²) in [6.45, 7) is 9.16. The number of ether oxygens (including phenoxy) is 2. The van der Waals surface area contributed by atoms with Crippen molar-refractivity contribution >= 4 is 23.9 Å². The topological polar surface area (TPSA) is 134 Å². The lowest BCUT2D eigenvalue weighted by Gasteiger charge is -2.31. The van der Waals surface area contributed by atoms with Gasteiger partial charge in [-0.1, -0.05) is 54.8 Å². The van der Waals surface area contributed by atoms with E-state index in [9.17, 15) is 24.3 Å². The van der Waals surface area contributed by atoms with Gasteiger partial charge in [-0.25, -0.2) is 9.59 Å². The second kappa shape index (κ2) is 14.9. The van der Waals surface area contributed by atoms with Crippen LogP contribution < -0.4 is 10.6 Å². The highest BCUT2D eigenvalue weighted by Gasteiger charge is 2.38. The number of carbonyl (C=O) groups is 4. The summed E-state index contributed by atoms with van der Waals surface area (Å²) in [5, 5.41) is 15.0. The number of esters is 1. The largest absolute Gasteiger partial charge is 0.458 e. The molecule has 0 heterocycles. The number of hydrogen-bond donors (Lipinski definition) is 3. The monoisotopic (exact) mass is 589 g/mol. The third-order valence-electron chi connectivity index (χ3n) is 5.74. The van der Waals surface area contributed by atoms with Gasteiger partial charge >= 0.3 is 12.1 Å². The molecule has 0 fully saturated rings. The number of nitrogens with zero attached hydrogens (tertiary/aromatic N) is 1. The van der Waals surface area contributed by atoms with Crippen molar-refractivity contribution in [2.24, 2.45) is 0 Å². The molecule has 0 saturated carbocycles. The van der Waals surface area contributed by atoms with Gasteiger partial charge in [0.05, 0.1) is 6.61 Å². The highest BCUT2D eigenvalue weighted by Crippen LogP contribution is 2.24. The first-order valence-corrected chi connectivity index (χ1v) is 13.6. The first-order valence-electron chi connectivity index (χ1n) is 13.6. The van der Waals surface area contributed by atoms with Gasteiger partial charge in [-0.15, -0.1) is 6.42 Å². The van der Waals surface area contributed by atoms with E-state index in [0.29, 0.717) is 5.56 Å². The van der Waals surface area contributed by atoms with Gasteiger partial charge in [-0.3, -0.25) is 14.5 Å². The van der Waals surface area contributed by atoms with Crippen LogP contribution >= 0.6 is 0 Å². The molecule has 3 atom stereocenters. The minimum Gasteiger partial charge on any atom is -0.458 e. The Bertz CT molecular complexity index is 1360. The second-order valence-corrected chi connectivity index (χ2v) is 11.7. The number of hydrogen-bond acceptors (Lipinski definition) is 7. The molecule has 2 aromatic rings. The third kappa shape index (κ3) is 10.8. The molecular formula is C33H39N3O7. The zero-order valence-corrected chi connectivity index (χ0v) is 25.3. The number of nitrogens with one attached hydrogen (secondary N) is 2.